The van der Waals surface area contributed by atoms with Crippen LogP contribution in [0, 0.1) is 0 Å². The number of carbonyl (C=O) groups excluding carboxylic acids is 2. The van der Waals surface area contributed by atoms with Crippen molar-refractivity contribution in [3.63, 3.8) is 0 Å². The average Bonchev–Trinajstić information content (AvgIpc) is 2.13. The molecule has 3 nitrogen and oxygen atoms in total. The van der Waals surface area contributed by atoms with Gasteiger partial charge in [0.15, 0.2) is 0 Å². The fraction of sp³-hybridized carbons (Fsp3) is 0.429. The number of imide groups is 1. The van der Waals surface area contributed by atoms with Gasteiger partial charge in [-0.25, -0.2) is 0 Å². The van der Waals surface area contributed by atoms with E-state index in [0.29, 0.717) is 12.0 Å². The molecular weight excluding hydrogens is 161 g/mol. The molecule has 0 saturated heterocycles. The molecule has 0 bridgehead atoms. The Bertz CT molecular complexity index is 210. The molecular formula is C7H12NO2P. The van der Waals surface area contributed by atoms with Crippen molar-refractivity contribution >= 4 is 21.7 Å². The van der Waals surface area contributed by atoms with Crippen LogP contribution in [0.3, 0.4) is 0 Å². The summed E-state index contributed by atoms with van der Waals surface area (Å²) < 4.78 is 0. The van der Waals surface area contributed by atoms with Gasteiger partial charge in [0.1, 0.15) is 0 Å². The minimum Gasteiger partial charge on any atom is -0.289 e. The van der Waals surface area contributed by atoms with E-state index in [-0.39, 0.29) is 21.7 Å². The summed E-state index contributed by atoms with van der Waals surface area (Å²) >= 11 is 0. The summed E-state index contributed by atoms with van der Waals surface area (Å²) in [6.07, 6.45) is 2.95. The lowest BCUT2D eigenvalue weighted by Gasteiger charge is -1.92. The first-order chi connectivity index (χ1) is 4.74. The highest BCUT2D eigenvalue weighted by atomic mass is 31.0. The summed E-state index contributed by atoms with van der Waals surface area (Å²) in [4.78, 5) is 21.3. The van der Waals surface area contributed by atoms with Crippen LogP contribution in [0.15, 0.2) is 11.6 Å². The average molecular weight is 173 g/mol. The molecule has 0 saturated carbocycles. The molecule has 0 spiro atoms. The van der Waals surface area contributed by atoms with Crippen molar-refractivity contribution in [3.05, 3.63) is 11.6 Å². The second kappa shape index (κ2) is 4.24. The molecule has 1 N–H and O–H groups in total. The van der Waals surface area contributed by atoms with Crippen molar-refractivity contribution in [3.8, 4) is 0 Å². The third kappa shape index (κ3) is 2.43. The van der Waals surface area contributed by atoms with Crippen molar-refractivity contribution in [2.75, 3.05) is 0 Å². The van der Waals surface area contributed by atoms with E-state index in [2.05, 4.69) is 5.32 Å². The molecule has 1 aliphatic rings. The van der Waals surface area contributed by atoms with E-state index < -0.39 is 0 Å². The van der Waals surface area contributed by atoms with Gasteiger partial charge in [0.05, 0.1) is 0 Å². The SMILES string of the molecule is CCCC1=CC(=O)NC1=O.P. The minimum atomic E-state index is -0.284. The molecule has 11 heavy (non-hydrogen) atoms. The Morgan fingerprint density at radius 2 is 2.09 bits per heavy atom. The van der Waals surface area contributed by atoms with Crippen LogP contribution >= 0.6 is 9.90 Å². The van der Waals surface area contributed by atoms with Crippen LogP contribution in [-0.2, 0) is 9.59 Å². The third-order valence-electron chi connectivity index (χ3n) is 1.35. The number of hydrogen-bond donors (Lipinski definition) is 1. The highest BCUT2D eigenvalue weighted by Gasteiger charge is 2.18. The molecule has 0 fully saturated rings. The zero-order valence-corrected chi connectivity index (χ0v) is 7.93. The summed E-state index contributed by atoms with van der Waals surface area (Å²) in [5.74, 6) is -0.514. The molecule has 0 radical (unpaired) electrons. The maximum atomic E-state index is 10.8. The standard InChI is InChI=1S/C7H9NO2.H3P/c1-2-3-5-4-6(9)8-7(5)10;/h4H,2-3H2,1H3,(H,8,9,10);1H3. The summed E-state index contributed by atoms with van der Waals surface area (Å²) in [6.45, 7) is 1.97. The van der Waals surface area contributed by atoms with E-state index in [1.54, 1.807) is 0 Å². The maximum absolute atomic E-state index is 10.8. The second-order valence-corrected chi connectivity index (χ2v) is 2.24. The predicted octanol–water partition coefficient (Wildman–Crippen LogP) is 0.427. The molecule has 62 valence electrons. The summed E-state index contributed by atoms with van der Waals surface area (Å²) in [6, 6.07) is 0. The van der Waals surface area contributed by atoms with Gasteiger partial charge in [-0.2, -0.15) is 9.90 Å². The Labute approximate surface area is 68.9 Å². The van der Waals surface area contributed by atoms with Gasteiger partial charge in [0.25, 0.3) is 11.8 Å². The van der Waals surface area contributed by atoms with E-state index in [1.165, 1.54) is 6.08 Å². The summed E-state index contributed by atoms with van der Waals surface area (Å²) in [5, 5.41) is 2.18. The van der Waals surface area contributed by atoms with E-state index >= 15 is 0 Å². The Balaban J connectivity index is 0.000001000. The number of nitrogens with one attached hydrogen (secondary N) is 1. The van der Waals surface area contributed by atoms with Crippen molar-refractivity contribution < 1.29 is 9.59 Å². The van der Waals surface area contributed by atoms with Crippen LogP contribution in [-0.4, -0.2) is 11.8 Å². The fourth-order valence-electron chi connectivity index (χ4n) is 0.907. The Kier molecular flexibility index (Phi) is 3.98. The van der Waals surface area contributed by atoms with Crippen LogP contribution in [0.5, 0.6) is 0 Å². The molecule has 1 atom stereocenters. The smallest absolute Gasteiger partial charge is 0.254 e. The minimum absolute atomic E-state index is 0. The number of rotatable bonds is 2. The van der Waals surface area contributed by atoms with Crippen molar-refractivity contribution in [2.45, 2.75) is 19.8 Å². The maximum Gasteiger partial charge on any atom is 0.254 e. The Hall–Kier alpha value is -0.690. The van der Waals surface area contributed by atoms with Crippen molar-refractivity contribution in [1.82, 2.24) is 5.32 Å². The van der Waals surface area contributed by atoms with E-state index in [1.807, 2.05) is 6.92 Å². The second-order valence-electron chi connectivity index (χ2n) is 2.24. The summed E-state index contributed by atoms with van der Waals surface area (Å²) in [5.41, 5.74) is 0.604. The van der Waals surface area contributed by atoms with Gasteiger partial charge >= 0.3 is 0 Å². The van der Waals surface area contributed by atoms with E-state index in [0.717, 1.165) is 6.42 Å². The van der Waals surface area contributed by atoms with Gasteiger partial charge in [-0.15, -0.1) is 0 Å². The van der Waals surface area contributed by atoms with Gasteiger partial charge in [0.2, 0.25) is 0 Å². The Morgan fingerprint density at radius 1 is 1.45 bits per heavy atom. The normalized spacial score (nSPS) is 15.5. The zero-order valence-electron chi connectivity index (χ0n) is 6.52. The van der Waals surface area contributed by atoms with Crippen LogP contribution < -0.4 is 5.32 Å². The molecule has 2 amide bonds. The first kappa shape index (κ1) is 10.3. The van der Waals surface area contributed by atoms with Crippen molar-refractivity contribution in [2.24, 2.45) is 0 Å². The number of amides is 2. The van der Waals surface area contributed by atoms with E-state index in [4.69, 9.17) is 0 Å². The zero-order chi connectivity index (χ0) is 7.56. The molecule has 0 aromatic heterocycles. The molecule has 1 aliphatic heterocycles. The van der Waals surface area contributed by atoms with Gasteiger partial charge in [-0.05, 0) is 6.42 Å². The first-order valence-corrected chi connectivity index (χ1v) is 3.30. The van der Waals surface area contributed by atoms with Crippen molar-refractivity contribution in [1.29, 1.82) is 0 Å². The highest BCUT2D eigenvalue weighted by molar-refractivity contribution is 6.92. The first-order valence-electron chi connectivity index (χ1n) is 3.30. The van der Waals surface area contributed by atoms with E-state index in [9.17, 15) is 9.59 Å². The summed E-state index contributed by atoms with van der Waals surface area (Å²) in [7, 11) is 0. The molecule has 0 aromatic rings. The third-order valence-corrected chi connectivity index (χ3v) is 1.35. The lowest BCUT2D eigenvalue weighted by Crippen LogP contribution is -2.22. The Morgan fingerprint density at radius 3 is 2.45 bits per heavy atom. The van der Waals surface area contributed by atoms with Gasteiger partial charge in [-0.1, -0.05) is 13.3 Å². The number of hydrogen-bond acceptors (Lipinski definition) is 2. The van der Waals surface area contributed by atoms with Crippen LogP contribution in [0.4, 0.5) is 0 Å². The van der Waals surface area contributed by atoms with Gasteiger partial charge in [-0.3, -0.25) is 14.9 Å². The fourth-order valence-corrected chi connectivity index (χ4v) is 0.907. The number of carbonyl (C=O) groups is 2. The molecule has 1 heterocycles. The quantitative estimate of drug-likeness (QED) is 0.486. The predicted molar refractivity (Wildman–Crippen MR) is 47.2 cm³/mol. The highest BCUT2D eigenvalue weighted by Crippen LogP contribution is 2.08. The van der Waals surface area contributed by atoms with Crippen LogP contribution in [0.1, 0.15) is 19.8 Å². The van der Waals surface area contributed by atoms with Gasteiger partial charge < -0.3 is 0 Å². The molecule has 4 heteroatoms. The van der Waals surface area contributed by atoms with Gasteiger partial charge in [0, 0.05) is 11.6 Å². The lowest BCUT2D eigenvalue weighted by molar-refractivity contribution is -0.123. The molecule has 1 unspecified atom stereocenters. The lowest BCUT2D eigenvalue weighted by atomic mass is 10.1. The molecule has 0 aliphatic carbocycles. The molecule has 1 rings (SSSR count). The van der Waals surface area contributed by atoms with Crippen LogP contribution in [0.2, 0.25) is 0 Å². The monoisotopic (exact) mass is 173 g/mol. The van der Waals surface area contributed by atoms with Crippen LogP contribution in [0.25, 0.3) is 0 Å². The largest absolute Gasteiger partial charge is 0.289 e. The topological polar surface area (TPSA) is 46.2 Å². The molecule has 0 aromatic carbocycles.